The van der Waals surface area contributed by atoms with Crippen LogP contribution < -0.4 is 20.5 Å². The van der Waals surface area contributed by atoms with E-state index in [0.717, 1.165) is 0 Å². The lowest BCUT2D eigenvalue weighted by Gasteiger charge is -2.25. The van der Waals surface area contributed by atoms with Gasteiger partial charge in [-0.25, -0.2) is 0 Å². The SMILES string of the molecule is NCCOc1cccc2c1Nc1nc(=S)n([C@H]3CC(O)[C@@H](CO)O3)cc1O2. The molecule has 2 aliphatic heterocycles. The molecule has 1 saturated heterocycles. The first-order chi connectivity index (χ1) is 13.1. The predicted molar refractivity (Wildman–Crippen MR) is 99.0 cm³/mol. The minimum Gasteiger partial charge on any atom is -0.490 e. The van der Waals surface area contributed by atoms with Crippen LogP contribution in [0.25, 0.3) is 0 Å². The van der Waals surface area contributed by atoms with Gasteiger partial charge >= 0.3 is 0 Å². The summed E-state index contributed by atoms with van der Waals surface area (Å²) in [5, 5.41) is 22.4. The van der Waals surface area contributed by atoms with Gasteiger partial charge in [0.15, 0.2) is 17.3 Å². The largest absolute Gasteiger partial charge is 0.490 e. The van der Waals surface area contributed by atoms with Crippen LogP contribution in [-0.2, 0) is 4.74 Å². The molecule has 0 radical (unpaired) electrons. The van der Waals surface area contributed by atoms with E-state index >= 15 is 0 Å². The topological polar surface area (TPSA) is 124 Å². The first-order valence-electron chi connectivity index (χ1n) is 8.59. The van der Waals surface area contributed by atoms with Crippen molar-refractivity contribution in [1.29, 1.82) is 0 Å². The second-order valence-corrected chi connectivity index (χ2v) is 6.62. The molecule has 3 atom stereocenters. The Balaban J connectivity index is 1.64. The molecule has 5 N–H and O–H groups in total. The summed E-state index contributed by atoms with van der Waals surface area (Å²) >= 11 is 5.37. The molecule has 1 aromatic heterocycles. The molecule has 0 amide bonds. The van der Waals surface area contributed by atoms with E-state index in [-0.39, 0.29) is 11.4 Å². The molecule has 0 saturated carbocycles. The molecule has 1 aromatic carbocycles. The van der Waals surface area contributed by atoms with Gasteiger partial charge < -0.3 is 35.5 Å². The summed E-state index contributed by atoms with van der Waals surface area (Å²) in [5.74, 6) is 2.13. The summed E-state index contributed by atoms with van der Waals surface area (Å²) in [6.07, 6.45) is 0.0632. The zero-order chi connectivity index (χ0) is 19.0. The third-order valence-electron chi connectivity index (χ3n) is 4.44. The van der Waals surface area contributed by atoms with Gasteiger partial charge in [-0.15, -0.1) is 0 Å². The Morgan fingerprint density at radius 1 is 1.41 bits per heavy atom. The minimum atomic E-state index is -0.764. The summed E-state index contributed by atoms with van der Waals surface area (Å²) in [5.41, 5.74) is 6.16. The average molecular weight is 392 g/mol. The van der Waals surface area contributed by atoms with Crippen molar-refractivity contribution < 1.29 is 24.4 Å². The third-order valence-corrected chi connectivity index (χ3v) is 4.74. The maximum Gasteiger partial charge on any atom is 0.203 e. The summed E-state index contributed by atoms with van der Waals surface area (Å²) in [6.45, 7) is 0.519. The van der Waals surface area contributed by atoms with Crippen molar-refractivity contribution in [2.24, 2.45) is 5.73 Å². The van der Waals surface area contributed by atoms with E-state index in [2.05, 4.69) is 10.3 Å². The lowest BCUT2D eigenvalue weighted by atomic mass is 10.2. The number of nitrogens with zero attached hydrogens (tertiary/aromatic N) is 2. The number of anilines is 2. The number of ether oxygens (including phenoxy) is 3. The Kier molecular flexibility index (Phi) is 4.98. The van der Waals surface area contributed by atoms with Crippen molar-refractivity contribution in [1.82, 2.24) is 9.55 Å². The zero-order valence-corrected chi connectivity index (χ0v) is 15.2. The van der Waals surface area contributed by atoms with Gasteiger partial charge in [0.1, 0.15) is 30.4 Å². The molecule has 1 fully saturated rings. The van der Waals surface area contributed by atoms with E-state index in [4.69, 9.17) is 32.2 Å². The molecule has 0 aliphatic carbocycles. The van der Waals surface area contributed by atoms with Gasteiger partial charge in [-0.1, -0.05) is 6.07 Å². The van der Waals surface area contributed by atoms with Crippen LogP contribution in [-0.4, -0.2) is 51.7 Å². The van der Waals surface area contributed by atoms with Gasteiger partial charge in [-0.2, -0.15) is 4.98 Å². The van der Waals surface area contributed by atoms with Gasteiger partial charge in [0.05, 0.1) is 18.9 Å². The summed E-state index contributed by atoms with van der Waals surface area (Å²) in [4.78, 5) is 4.39. The number of hydrogen-bond acceptors (Lipinski definition) is 9. The number of nitrogens with one attached hydrogen (secondary N) is 1. The molecule has 10 heteroatoms. The van der Waals surface area contributed by atoms with Gasteiger partial charge in [0, 0.05) is 13.0 Å². The molecule has 27 heavy (non-hydrogen) atoms. The highest BCUT2D eigenvalue weighted by molar-refractivity contribution is 7.71. The highest BCUT2D eigenvalue weighted by Crippen LogP contribution is 2.45. The summed E-state index contributed by atoms with van der Waals surface area (Å²) < 4.78 is 19.2. The number of nitrogens with two attached hydrogens (primary N) is 1. The summed E-state index contributed by atoms with van der Waals surface area (Å²) in [7, 11) is 0. The van der Waals surface area contributed by atoms with Crippen molar-refractivity contribution in [3.8, 4) is 17.2 Å². The molecule has 4 rings (SSSR count). The molecule has 1 unspecified atom stereocenters. The van der Waals surface area contributed by atoms with E-state index < -0.39 is 18.4 Å². The number of para-hydroxylation sites is 1. The van der Waals surface area contributed by atoms with E-state index in [9.17, 15) is 10.2 Å². The number of benzene rings is 1. The van der Waals surface area contributed by atoms with Gasteiger partial charge in [-0.3, -0.25) is 4.57 Å². The van der Waals surface area contributed by atoms with Crippen LogP contribution >= 0.6 is 12.2 Å². The fourth-order valence-electron chi connectivity index (χ4n) is 3.12. The standard InChI is InChI=1S/C17H20N4O5S/c18-4-5-24-10-2-1-3-11-15(10)19-16-12(25-11)7-21(17(27)20-16)14-6-9(23)13(8-22)26-14/h1-3,7,9,13-14,22-23H,4-6,8,18H2,(H,19,20,27)/t9?,13-,14-/m1/s1. The maximum absolute atomic E-state index is 9.96. The van der Waals surface area contributed by atoms with Gasteiger partial charge in [0.2, 0.25) is 4.77 Å². The molecule has 2 aliphatic rings. The lowest BCUT2D eigenvalue weighted by molar-refractivity contribution is -0.0453. The molecule has 144 valence electrons. The second-order valence-electron chi connectivity index (χ2n) is 6.25. The smallest absolute Gasteiger partial charge is 0.203 e. The number of aliphatic hydroxyl groups is 2. The lowest BCUT2D eigenvalue weighted by Crippen LogP contribution is -2.24. The van der Waals surface area contributed by atoms with Crippen molar-refractivity contribution in [2.75, 3.05) is 25.1 Å². The van der Waals surface area contributed by atoms with E-state index in [1.54, 1.807) is 10.8 Å². The Hall–Kier alpha value is -2.24. The fraction of sp³-hybridized carbons (Fsp3) is 0.412. The Morgan fingerprint density at radius 3 is 3.00 bits per heavy atom. The van der Waals surface area contributed by atoms with Crippen LogP contribution in [0.15, 0.2) is 24.4 Å². The zero-order valence-electron chi connectivity index (χ0n) is 14.4. The quantitative estimate of drug-likeness (QED) is 0.477. The van der Waals surface area contributed by atoms with Gasteiger partial charge in [-0.05, 0) is 24.4 Å². The fourth-order valence-corrected chi connectivity index (χ4v) is 3.38. The van der Waals surface area contributed by atoms with Crippen molar-refractivity contribution in [3.05, 3.63) is 29.2 Å². The van der Waals surface area contributed by atoms with Crippen molar-refractivity contribution in [3.63, 3.8) is 0 Å². The molecule has 3 heterocycles. The first-order valence-corrected chi connectivity index (χ1v) is 9.00. The highest BCUT2D eigenvalue weighted by Gasteiger charge is 2.35. The number of rotatable bonds is 5. The molecular formula is C17H20N4O5S. The maximum atomic E-state index is 9.96. The molecule has 0 spiro atoms. The molecule has 2 aromatic rings. The number of aliphatic hydroxyl groups excluding tert-OH is 2. The van der Waals surface area contributed by atoms with Crippen LogP contribution in [0.2, 0.25) is 0 Å². The van der Waals surface area contributed by atoms with E-state index in [1.165, 1.54) is 0 Å². The van der Waals surface area contributed by atoms with Crippen LogP contribution in [0.4, 0.5) is 11.5 Å². The van der Waals surface area contributed by atoms with Crippen LogP contribution in [0.3, 0.4) is 0 Å². The van der Waals surface area contributed by atoms with Crippen LogP contribution in [0.5, 0.6) is 17.2 Å². The van der Waals surface area contributed by atoms with E-state index in [1.807, 2.05) is 18.2 Å². The van der Waals surface area contributed by atoms with E-state index in [0.29, 0.717) is 48.3 Å². The third kappa shape index (κ3) is 3.37. The normalized spacial score (nSPS) is 23.1. The minimum absolute atomic E-state index is 0.264. The van der Waals surface area contributed by atoms with Gasteiger partial charge in [0.25, 0.3) is 0 Å². The second kappa shape index (κ2) is 7.41. The number of hydrogen-bond donors (Lipinski definition) is 4. The number of aromatic nitrogens is 2. The number of fused-ring (bicyclic) bond motifs is 2. The van der Waals surface area contributed by atoms with Crippen LogP contribution in [0, 0.1) is 4.77 Å². The Bertz CT molecular complexity index is 905. The van der Waals surface area contributed by atoms with Crippen molar-refractivity contribution >= 4 is 23.7 Å². The molecule has 0 bridgehead atoms. The Labute approximate surface area is 160 Å². The molecular weight excluding hydrogens is 372 g/mol. The average Bonchev–Trinajstić information content (AvgIpc) is 3.04. The first kappa shape index (κ1) is 18.1. The predicted octanol–water partition coefficient (Wildman–Crippen LogP) is 1.44. The molecule has 9 nitrogen and oxygen atoms in total. The summed E-state index contributed by atoms with van der Waals surface area (Å²) in [6, 6.07) is 5.45. The monoisotopic (exact) mass is 392 g/mol. The Morgan fingerprint density at radius 2 is 2.26 bits per heavy atom. The van der Waals surface area contributed by atoms with Crippen molar-refractivity contribution in [2.45, 2.75) is 24.9 Å². The van der Waals surface area contributed by atoms with Crippen LogP contribution in [0.1, 0.15) is 12.6 Å². The highest BCUT2D eigenvalue weighted by atomic mass is 32.1.